The average molecular weight is 263 g/mol. The molecule has 0 atom stereocenters. The number of nitrogens with zero attached hydrogens (tertiary/aromatic N) is 1. The van der Waals surface area contributed by atoms with Crippen molar-refractivity contribution in [3.63, 3.8) is 0 Å². The number of rotatable bonds is 4. The molecule has 0 radical (unpaired) electrons. The predicted octanol–water partition coefficient (Wildman–Crippen LogP) is 2.93. The highest BCUT2D eigenvalue weighted by Crippen LogP contribution is 2.26. The van der Waals surface area contributed by atoms with Crippen molar-refractivity contribution in [3.8, 4) is 0 Å². The van der Waals surface area contributed by atoms with Crippen LogP contribution in [0.2, 0.25) is 0 Å². The van der Waals surface area contributed by atoms with Crippen molar-refractivity contribution in [2.45, 2.75) is 39.5 Å². The fraction of sp³-hybridized carbons (Fsp3) is 0.571. The summed E-state index contributed by atoms with van der Waals surface area (Å²) in [6.45, 7) is 4.97. The largest absolute Gasteiger partial charge is 0.389 e. The van der Waals surface area contributed by atoms with Crippen LogP contribution < -0.4 is 11.1 Å². The molecule has 2 rings (SSSR count). The lowest BCUT2D eigenvalue weighted by Gasteiger charge is -2.16. The third kappa shape index (κ3) is 2.99. The lowest BCUT2D eigenvalue weighted by molar-refractivity contribution is 0.580. The number of nitrogens with one attached hydrogen (secondary N) is 1. The highest BCUT2D eigenvalue weighted by Gasteiger charge is 2.16. The summed E-state index contributed by atoms with van der Waals surface area (Å²) in [6.07, 6.45) is 5.39. The van der Waals surface area contributed by atoms with Crippen LogP contribution in [0.15, 0.2) is 6.07 Å². The molecule has 0 saturated heterocycles. The molecular formula is C14H21N3S. The second-order valence-corrected chi connectivity index (χ2v) is 5.61. The molecule has 0 amide bonds. The Balaban J connectivity index is 2.16. The van der Waals surface area contributed by atoms with Crippen LogP contribution in [-0.4, -0.2) is 16.5 Å². The Kier molecular flexibility index (Phi) is 4.17. The quantitative estimate of drug-likeness (QED) is 0.820. The third-order valence-electron chi connectivity index (χ3n) is 3.63. The summed E-state index contributed by atoms with van der Waals surface area (Å²) >= 11 is 5.13. The van der Waals surface area contributed by atoms with Crippen LogP contribution in [-0.2, 0) is 0 Å². The zero-order chi connectivity index (χ0) is 13.1. The van der Waals surface area contributed by atoms with Gasteiger partial charge in [-0.3, -0.25) is 4.98 Å². The van der Waals surface area contributed by atoms with E-state index in [4.69, 9.17) is 18.0 Å². The SMILES string of the molecule is Cc1cc(NCC2CCCC2)c(C(N)=S)c(C)n1. The molecular weight excluding hydrogens is 242 g/mol. The highest BCUT2D eigenvalue weighted by atomic mass is 32.1. The van der Waals surface area contributed by atoms with Crippen LogP contribution in [0.5, 0.6) is 0 Å². The van der Waals surface area contributed by atoms with Gasteiger partial charge in [-0.05, 0) is 38.7 Å². The van der Waals surface area contributed by atoms with Gasteiger partial charge in [-0.25, -0.2) is 0 Å². The third-order valence-corrected chi connectivity index (χ3v) is 3.83. The molecule has 0 spiro atoms. The topological polar surface area (TPSA) is 50.9 Å². The van der Waals surface area contributed by atoms with E-state index >= 15 is 0 Å². The van der Waals surface area contributed by atoms with E-state index in [1.807, 2.05) is 19.9 Å². The monoisotopic (exact) mass is 263 g/mol. The number of aromatic nitrogens is 1. The average Bonchev–Trinajstić information content (AvgIpc) is 2.77. The molecule has 0 bridgehead atoms. The van der Waals surface area contributed by atoms with E-state index in [2.05, 4.69) is 10.3 Å². The van der Waals surface area contributed by atoms with E-state index in [0.29, 0.717) is 4.99 Å². The normalized spacial score (nSPS) is 15.9. The summed E-state index contributed by atoms with van der Waals surface area (Å²) in [7, 11) is 0. The van der Waals surface area contributed by atoms with Gasteiger partial charge < -0.3 is 11.1 Å². The van der Waals surface area contributed by atoms with Gasteiger partial charge in [-0.2, -0.15) is 0 Å². The van der Waals surface area contributed by atoms with Crippen molar-refractivity contribution < 1.29 is 0 Å². The minimum absolute atomic E-state index is 0.425. The van der Waals surface area contributed by atoms with Crippen LogP contribution in [0.1, 0.15) is 42.6 Å². The minimum Gasteiger partial charge on any atom is -0.389 e. The second kappa shape index (κ2) is 5.65. The van der Waals surface area contributed by atoms with Gasteiger partial charge in [0.05, 0.1) is 5.56 Å². The van der Waals surface area contributed by atoms with Crippen molar-refractivity contribution >= 4 is 22.9 Å². The molecule has 4 heteroatoms. The highest BCUT2D eigenvalue weighted by molar-refractivity contribution is 7.80. The van der Waals surface area contributed by atoms with E-state index in [9.17, 15) is 0 Å². The van der Waals surface area contributed by atoms with Crippen LogP contribution in [0.3, 0.4) is 0 Å². The number of hydrogen-bond acceptors (Lipinski definition) is 3. The van der Waals surface area contributed by atoms with Crippen molar-refractivity contribution in [3.05, 3.63) is 23.0 Å². The standard InChI is InChI=1S/C14H21N3S/c1-9-7-12(13(14(15)18)10(2)17-9)16-8-11-5-3-4-6-11/h7,11H,3-6,8H2,1-2H3,(H2,15,18)(H,16,17). The number of anilines is 1. The number of thiocarbonyl (C=S) groups is 1. The Hall–Kier alpha value is -1.16. The zero-order valence-corrected chi connectivity index (χ0v) is 11.9. The van der Waals surface area contributed by atoms with E-state index in [0.717, 1.165) is 35.1 Å². The molecule has 1 aromatic rings. The first-order chi connectivity index (χ1) is 8.58. The molecule has 18 heavy (non-hydrogen) atoms. The lowest BCUT2D eigenvalue weighted by Crippen LogP contribution is -2.19. The van der Waals surface area contributed by atoms with Gasteiger partial charge in [-0.1, -0.05) is 25.1 Å². The fourth-order valence-corrected chi connectivity index (χ4v) is 3.01. The molecule has 1 heterocycles. The van der Waals surface area contributed by atoms with Crippen LogP contribution in [0.25, 0.3) is 0 Å². The number of aryl methyl sites for hydroxylation is 2. The van der Waals surface area contributed by atoms with Gasteiger partial charge in [0, 0.05) is 23.6 Å². The number of pyridine rings is 1. The summed E-state index contributed by atoms with van der Waals surface area (Å²) < 4.78 is 0. The first-order valence-electron chi connectivity index (χ1n) is 6.60. The van der Waals surface area contributed by atoms with E-state index in [-0.39, 0.29) is 0 Å². The Labute approximate surface area is 114 Å². The summed E-state index contributed by atoms with van der Waals surface area (Å²) in [5.41, 5.74) is 9.65. The smallest absolute Gasteiger partial charge is 0.107 e. The van der Waals surface area contributed by atoms with E-state index in [1.54, 1.807) is 0 Å². The van der Waals surface area contributed by atoms with E-state index < -0.39 is 0 Å². The van der Waals surface area contributed by atoms with Crippen molar-refractivity contribution in [2.75, 3.05) is 11.9 Å². The Morgan fingerprint density at radius 1 is 1.44 bits per heavy atom. The molecule has 1 aromatic heterocycles. The van der Waals surface area contributed by atoms with Gasteiger partial charge in [0.1, 0.15) is 4.99 Å². The van der Waals surface area contributed by atoms with Gasteiger partial charge in [0.2, 0.25) is 0 Å². The molecule has 0 aliphatic heterocycles. The van der Waals surface area contributed by atoms with Crippen molar-refractivity contribution in [1.29, 1.82) is 0 Å². The lowest BCUT2D eigenvalue weighted by atomic mass is 10.1. The van der Waals surface area contributed by atoms with Crippen LogP contribution >= 0.6 is 12.2 Å². The maximum atomic E-state index is 5.80. The molecule has 0 aromatic carbocycles. The fourth-order valence-electron chi connectivity index (χ4n) is 2.75. The molecule has 3 nitrogen and oxygen atoms in total. The summed E-state index contributed by atoms with van der Waals surface area (Å²) in [4.78, 5) is 4.85. The first-order valence-corrected chi connectivity index (χ1v) is 7.00. The van der Waals surface area contributed by atoms with Gasteiger partial charge >= 0.3 is 0 Å². The summed E-state index contributed by atoms with van der Waals surface area (Å²) in [5, 5.41) is 3.51. The molecule has 98 valence electrons. The van der Waals surface area contributed by atoms with Crippen LogP contribution in [0.4, 0.5) is 5.69 Å². The Morgan fingerprint density at radius 2 is 2.11 bits per heavy atom. The molecule has 1 aliphatic rings. The Bertz CT molecular complexity index is 451. The maximum absolute atomic E-state index is 5.80. The maximum Gasteiger partial charge on any atom is 0.107 e. The van der Waals surface area contributed by atoms with Crippen LogP contribution in [0, 0.1) is 19.8 Å². The molecule has 0 unspecified atom stereocenters. The summed E-state index contributed by atoms with van der Waals surface area (Å²) in [5.74, 6) is 0.790. The zero-order valence-electron chi connectivity index (χ0n) is 11.1. The van der Waals surface area contributed by atoms with E-state index in [1.165, 1.54) is 25.7 Å². The van der Waals surface area contributed by atoms with Crippen molar-refractivity contribution in [2.24, 2.45) is 11.7 Å². The minimum atomic E-state index is 0.425. The first kappa shape index (κ1) is 13.3. The van der Waals surface area contributed by atoms with Gasteiger partial charge in [-0.15, -0.1) is 0 Å². The Morgan fingerprint density at radius 3 is 2.72 bits per heavy atom. The van der Waals surface area contributed by atoms with Crippen molar-refractivity contribution in [1.82, 2.24) is 4.98 Å². The molecule has 3 N–H and O–H groups in total. The van der Waals surface area contributed by atoms with Gasteiger partial charge in [0.25, 0.3) is 0 Å². The second-order valence-electron chi connectivity index (χ2n) is 5.17. The molecule has 1 fully saturated rings. The summed E-state index contributed by atoms with van der Waals surface area (Å²) in [6, 6.07) is 2.04. The number of hydrogen-bond donors (Lipinski definition) is 2. The number of nitrogens with two attached hydrogens (primary N) is 1. The molecule has 1 saturated carbocycles. The van der Waals surface area contributed by atoms with Gasteiger partial charge in [0.15, 0.2) is 0 Å². The molecule has 1 aliphatic carbocycles. The predicted molar refractivity (Wildman–Crippen MR) is 80.0 cm³/mol.